The van der Waals surface area contributed by atoms with Crippen molar-refractivity contribution in [3.05, 3.63) is 59.7 Å². The smallest absolute Gasteiger partial charge is 0.312 e. The molecule has 0 aliphatic heterocycles. The minimum absolute atomic E-state index is 0.181. The van der Waals surface area contributed by atoms with Gasteiger partial charge >= 0.3 is 6.03 Å². The van der Waals surface area contributed by atoms with Crippen molar-refractivity contribution in [1.82, 2.24) is 5.32 Å². The van der Waals surface area contributed by atoms with E-state index in [-0.39, 0.29) is 11.9 Å². The predicted molar refractivity (Wildman–Crippen MR) is 100 cm³/mol. The standard InChI is InChI=1S/C19H24N4O2/c1-12(2)11-17(23-19(21)25)13-7-9-14(10-8-13)18(24)22-16-6-4-3-5-15(16)20/h3-10,12,17H,11,20H2,1-2H3,(H,22,24)(H3,21,23,25). The third-order valence-electron chi connectivity index (χ3n) is 3.81. The SMILES string of the molecule is CC(C)CC(NC(N)=O)c1ccc(C(=O)Nc2ccccc2N)cc1. The Bertz CT molecular complexity index is 741. The van der Waals surface area contributed by atoms with Crippen LogP contribution in [-0.4, -0.2) is 11.9 Å². The number of urea groups is 1. The minimum Gasteiger partial charge on any atom is -0.397 e. The van der Waals surface area contributed by atoms with E-state index in [0.29, 0.717) is 22.9 Å². The van der Waals surface area contributed by atoms with Crippen LogP contribution >= 0.6 is 0 Å². The van der Waals surface area contributed by atoms with Gasteiger partial charge in [-0.05, 0) is 42.2 Å². The number of nitrogen functional groups attached to an aromatic ring is 1. The van der Waals surface area contributed by atoms with Gasteiger partial charge in [0.2, 0.25) is 0 Å². The topological polar surface area (TPSA) is 110 Å². The number of amides is 3. The van der Waals surface area contributed by atoms with E-state index >= 15 is 0 Å². The van der Waals surface area contributed by atoms with Crippen LogP contribution < -0.4 is 22.1 Å². The van der Waals surface area contributed by atoms with Gasteiger partial charge in [-0.25, -0.2) is 4.79 Å². The largest absolute Gasteiger partial charge is 0.397 e. The molecule has 1 atom stereocenters. The first-order valence-corrected chi connectivity index (χ1v) is 8.18. The van der Waals surface area contributed by atoms with Gasteiger partial charge < -0.3 is 22.1 Å². The van der Waals surface area contributed by atoms with Crippen molar-refractivity contribution >= 4 is 23.3 Å². The van der Waals surface area contributed by atoms with Crippen LogP contribution in [0, 0.1) is 5.92 Å². The quantitative estimate of drug-likeness (QED) is 0.606. The Morgan fingerprint density at radius 1 is 1.04 bits per heavy atom. The first-order valence-electron chi connectivity index (χ1n) is 8.18. The average molecular weight is 340 g/mol. The number of anilines is 2. The van der Waals surface area contributed by atoms with Crippen molar-refractivity contribution in [1.29, 1.82) is 0 Å². The van der Waals surface area contributed by atoms with Crippen LogP contribution in [0.4, 0.5) is 16.2 Å². The molecule has 25 heavy (non-hydrogen) atoms. The van der Waals surface area contributed by atoms with E-state index in [1.165, 1.54) is 0 Å². The van der Waals surface area contributed by atoms with Gasteiger partial charge in [-0.15, -0.1) is 0 Å². The van der Waals surface area contributed by atoms with E-state index in [2.05, 4.69) is 24.5 Å². The second-order valence-corrected chi connectivity index (χ2v) is 6.35. The summed E-state index contributed by atoms with van der Waals surface area (Å²) in [5, 5.41) is 5.53. The Morgan fingerprint density at radius 2 is 1.68 bits per heavy atom. The Morgan fingerprint density at radius 3 is 2.24 bits per heavy atom. The molecule has 0 aromatic heterocycles. The maximum Gasteiger partial charge on any atom is 0.312 e. The van der Waals surface area contributed by atoms with Gasteiger partial charge in [-0.2, -0.15) is 0 Å². The molecular weight excluding hydrogens is 316 g/mol. The van der Waals surface area contributed by atoms with Crippen molar-refractivity contribution < 1.29 is 9.59 Å². The van der Waals surface area contributed by atoms with Gasteiger partial charge in [-0.1, -0.05) is 38.1 Å². The summed E-state index contributed by atoms with van der Waals surface area (Å²) in [4.78, 5) is 23.6. The van der Waals surface area contributed by atoms with Gasteiger partial charge in [0, 0.05) is 5.56 Å². The zero-order chi connectivity index (χ0) is 18.4. The lowest BCUT2D eigenvalue weighted by molar-refractivity contribution is 0.102. The van der Waals surface area contributed by atoms with Crippen LogP contribution in [0.25, 0.3) is 0 Å². The first-order chi connectivity index (χ1) is 11.9. The van der Waals surface area contributed by atoms with Crippen LogP contribution in [0.3, 0.4) is 0 Å². The molecule has 0 aliphatic rings. The number of rotatable bonds is 6. The van der Waals surface area contributed by atoms with Gasteiger partial charge in [0.25, 0.3) is 5.91 Å². The monoisotopic (exact) mass is 340 g/mol. The summed E-state index contributed by atoms with van der Waals surface area (Å²) >= 11 is 0. The summed E-state index contributed by atoms with van der Waals surface area (Å²) in [6.07, 6.45) is 0.759. The maximum absolute atomic E-state index is 12.3. The van der Waals surface area contributed by atoms with E-state index in [1.807, 2.05) is 12.1 Å². The van der Waals surface area contributed by atoms with E-state index in [9.17, 15) is 9.59 Å². The first kappa shape index (κ1) is 18.3. The molecule has 0 saturated heterocycles. The molecule has 6 heteroatoms. The molecule has 0 aliphatic carbocycles. The number of primary amides is 1. The second kappa shape index (κ2) is 8.19. The van der Waals surface area contributed by atoms with Crippen LogP contribution in [-0.2, 0) is 0 Å². The predicted octanol–water partition coefficient (Wildman–Crippen LogP) is 3.28. The fourth-order valence-corrected chi connectivity index (χ4v) is 2.59. The lowest BCUT2D eigenvalue weighted by Gasteiger charge is -2.20. The summed E-state index contributed by atoms with van der Waals surface area (Å²) in [5.41, 5.74) is 13.6. The zero-order valence-electron chi connectivity index (χ0n) is 14.5. The zero-order valence-corrected chi connectivity index (χ0v) is 14.5. The number of para-hydroxylation sites is 2. The molecule has 0 radical (unpaired) electrons. The third kappa shape index (κ3) is 5.24. The summed E-state index contributed by atoms with van der Waals surface area (Å²) in [6, 6.07) is 13.4. The van der Waals surface area contributed by atoms with E-state index in [0.717, 1.165) is 12.0 Å². The van der Waals surface area contributed by atoms with Gasteiger partial charge in [0.1, 0.15) is 0 Å². The Labute approximate surface area is 147 Å². The lowest BCUT2D eigenvalue weighted by atomic mass is 9.96. The second-order valence-electron chi connectivity index (χ2n) is 6.35. The highest BCUT2D eigenvalue weighted by atomic mass is 16.2. The Balaban J connectivity index is 2.13. The van der Waals surface area contributed by atoms with E-state index in [4.69, 9.17) is 11.5 Å². The minimum atomic E-state index is -0.563. The molecule has 6 nitrogen and oxygen atoms in total. The molecule has 0 fully saturated rings. The molecule has 2 rings (SSSR count). The molecule has 3 amide bonds. The van der Waals surface area contributed by atoms with Crippen molar-refractivity contribution in [3.8, 4) is 0 Å². The van der Waals surface area contributed by atoms with Crippen molar-refractivity contribution in [2.24, 2.45) is 11.7 Å². The number of hydrogen-bond donors (Lipinski definition) is 4. The molecule has 0 heterocycles. The number of nitrogens with two attached hydrogens (primary N) is 2. The molecular formula is C19H24N4O2. The normalized spacial score (nSPS) is 11.8. The average Bonchev–Trinajstić information content (AvgIpc) is 2.55. The van der Waals surface area contributed by atoms with E-state index < -0.39 is 6.03 Å². The Hall–Kier alpha value is -3.02. The van der Waals surface area contributed by atoms with Gasteiger partial charge in [0.15, 0.2) is 0 Å². The number of carbonyl (C=O) groups is 2. The fourth-order valence-electron chi connectivity index (χ4n) is 2.59. The number of hydrogen-bond acceptors (Lipinski definition) is 3. The summed E-state index contributed by atoms with van der Waals surface area (Å²) < 4.78 is 0. The van der Waals surface area contributed by atoms with Gasteiger partial charge in [-0.3, -0.25) is 4.79 Å². The van der Waals surface area contributed by atoms with Crippen LogP contribution in [0.1, 0.15) is 42.2 Å². The highest BCUT2D eigenvalue weighted by molar-refractivity contribution is 6.05. The molecule has 132 valence electrons. The summed E-state index contributed by atoms with van der Waals surface area (Å²) in [5.74, 6) is 0.147. The van der Waals surface area contributed by atoms with Gasteiger partial charge in [0.05, 0.1) is 17.4 Å². The highest BCUT2D eigenvalue weighted by Gasteiger charge is 2.16. The number of nitrogens with one attached hydrogen (secondary N) is 2. The van der Waals surface area contributed by atoms with Crippen molar-refractivity contribution in [2.75, 3.05) is 11.1 Å². The molecule has 2 aromatic carbocycles. The summed E-state index contributed by atoms with van der Waals surface area (Å²) in [7, 11) is 0. The molecule has 2 aromatic rings. The number of benzene rings is 2. The van der Waals surface area contributed by atoms with Crippen LogP contribution in [0.5, 0.6) is 0 Å². The Kier molecular flexibility index (Phi) is 6.00. The highest BCUT2D eigenvalue weighted by Crippen LogP contribution is 2.22. The van der Waals surface area contributed by atoms with Crippen molar-refractivity contribution in [3.63, 3.8) is 0 Å². The molecule has 0 bridgehead atoms. The molecule has 0 spiro atoms. The van der Waals surface area contributed by atoms with E-state index in [1.54, 1.807) is 36.4 Å². The molecule has 1 unspecified atom stereocenters. The maximum atomic E-state index is 12.3. The lowest BCUT2D eigenvalue weighted by Crippen LogP contribution is -2.33. The van der Waals surface area contributed by atoms with Crippen molar-refractivity contribution in [2.45, 2.75) is 26.3 Å². The third-order valence-corrected chi connectivity index (χ3v) is 3.81. The molecule has 6 N–H and O–H groups in total. The fraction of sp³-hybridized carbons (Fsp3) is 0.263. The molecule has 0 saturated carbocycles. The number of carbonyl (C=O) groups excluding carboxylic acids is 2. The van der Waals surface area contributed by atoms with Crippen LogP contribution in [0.15, 0.2) is 48.5 Å². The summed E-state index contributed by atoms with van der Waals surface area (Å²) in [6.45, 7) is 4.14. The van der Waals surface area contributed by atoms with Crippen LogP contribution in [0.2, 0.25) is 0 Å².